The summed E-state index contributed by atoms with van der Waals surface area (Å²) in [4.78, 5) is 11.3. The van der Waals surface area contributed by atoms with Crippen molar-refractivity contribution in [1.82, 2.24) is 0 Å². The lowest BCUT2D eigenvalue weighted by Crippen LogP contribution is -2.31. The Balaban J connectivity index is 2.23. The van der Waals surface area contributed by atoms with Gasteiger partial charge in [0, 0.05) is 6.42 Å². The average Bonchev–Trinajstić information content (AvgIpc) is 2.38. The number of carbonyl (C=O) groups excluding carboxylic acids is 1. The normalized spacial score (nSPS) is 14.5. The summed E-state index contributed by atoms with van der Waals surface area (Å²) in [6, 6.07) is 5.78. The standard InChI is InChI=1S/C16H18F2O2/c1-3-20-15(19)16(17,18)10-13-6-4-5-12-9-11(2)7-8-14(12)13/h6-9H,3-5,10H2,1-2H3. The van der Waals surface area contributed by atoms with Crippen molar-refractivity contribution in [3.63, 3.8) is 0 Å². The lowest BCUT2D eigenvalue weighted by molar-refractivity contribution is -0.170. The minimum atomic E-state index is -3.47. The number of aryl methyl sites for hydroxylation is 2. The van der Waals surface area contributed by atoms with Crippen LogP contribution >= 0.6 is 0 Å². The maximum absolute atomic E-state index is 13.8. The molecule has 1 aliphatic carbocycles. The third-order valence-corrected chi connectivity index (χ3v) is 3.40. The van der Waals surface area contributed by atoms with E-state index in [0.717, 1.165) is 29.5 Å². The van der Waals surface area contributed by atoms with Crippen LogP contribution in [-0.4, -0.2) is 18.5 Å². The molecule has 2 nitrogen and oxygen atoms in total. The molecule has 0 heterocycles. The third-order valence-electron chi connectivity index (χ3n) is 3.40. The molecule has 0 bridgehead atoms. The van der Waals surface area contributed by atoms with Crippen LogP contribution in [0.4, 0.5) is 8.78 Å². The molecule has 0 unspecified atom stereocenters. The highest BCUT2D eigenvalue weighted by atomic mass is 19.3. The van der Waals surface area contributed by atoms with Gasteiger partial charge >= 0.3 is 11.9 Å². The van der Waals surface area contributed by atoms with Gasteiger partial charge < -0.3 is 4.74 Å². The summed E-state index contributed by atoms with van der Waals surface area (Å²) in [5, 5.41) is 0. The lowest BCUT2D eigenvalue weighted by Gasteiger charge is -2.22. The van der Waals surface area contributed by atoms with Crippen molar-refractivity contribution in [3.05, 3.63) is 41.0 Å². The van der Waals surface area contributed by atoms with Crippen LogP contribution in [0.1, 0.15) is 36.5 Å². The van der Waals surface area contributed by atoms with Gasteiger partial charge in [-0.1, -0.05) is 29.8 Å². The van der Waals surface area contributed by atoms with E-state index >= 15 is 0 Å². The fourth-order valence-electron chi connectivity index (χ4n) is 2.47. The van der Waals surface area contributed by atoms with Crippen molar-refractivity contribution in [2.45, 2.75) is 39.0 Å². The molecule has 0 amide bonds. The van der Waals surface area contributed by atoms with Crippen LogP contribution in [0, 0.1) is 6.92 Å². The van der Waals surface area contributed by atoms with Gasteiger partial charge in [0.2, 0.25) is 0 Å². The number of rotatable bonds is 4. The van der Waals surface area contributed by atoms with Crippen molar-refractivity contribution < 1.29 is 18.3 Å². The van der Waals surface area contributed by atoms with E-state index < -0.39 is 18.3 Å². The predicted octanol–water partition coefficient (Wildman–Crippen LogP) is 3.91. The Hall–Kier alpha value is -1.71. The zero-order valence-corrected chi connectivity index (χ0v) is 11.7. The molecule has 0 aromatic heterocycles. The topological polar surface area (TPSA) is 26.3 Å². The van der Waals surface area contributed by atoms with Crippen molar-refractivity contribution in [3.8, 4) is 0 Å². The number of carbonyl (C=O) groups is 1. The Bertz CT molecular complexity index is 547. The minimum Gasteiger partial charge on any atom is -0.462 e. The number of benzene rings is 1. The number of hydrogen-bond donors (Lipinski definition) is 0. The number of ether oxygens (including phenoxy) is 1. The minimum absolute atomic E-state index is 0.0384. The quantitative estimate of drug-likeness (QED) is 0.782. The summed E-state index contributed by atoms with van der Waals surface area (Å²) in [5.74, 6) is -4.92. The molecule has 1 aliphatic rings. The van der Waals surface area contributed by atoms with Crippen LogP contribution in [-0.2, 0) is 16.0 Å². The van der Waals surface area contributed by atoms with Gasteiger partial charge in [0.15, 0.2) is 0 Å². The Morgan fingerprint density at radius 1 is 1.40 bits per heavy atom. The second kappa shape index (κ2) is 5.73. The zero-order chi connectivity index (χ0) is 14.8. The number of halogens is 2. The Labute approximate surface area is 117 Å². The molecule has 0 radical (unpaired) electrons. The van der Waals surface area contributed by atoms with Crippen LogP contribution in [0.15, 0.2) is 24.3 Å². The van der Waals surface area contributed by atoms with Crippen LogP contribution < -0.4 is 0 Å². The van der Waals surface area contributed by atoms with E-state index in [1.54, 1.807) is 6.08 Å². The van der Waals surface area contributed by atoms with Gasteiger partial charge in [0.25, 0.3) is 0 Å². The summed E-state index contributed by atoms with van der Waals surface area (Å²) in [7, 11) is 0. The lowest BCUT2D eigenvalue weighted by atomic mass is 9.87. The van der Waals surface area contributed by atoms with Gasteiger partial charge in [0.05, 0.1) is 6.61 Å². The highest BCUT2D eigenvalue weighted by molar-refractivity contribution is 5.82. The molecular formula is C16H18F2O2. The second-order valence-electron chi connectivity index (χ2n) is 5.03. The fraction of sp³-hybridized carbons (Fsp3) is 0.438. The molecule has 20 heavy (non-hydrogen) atoms. The van der Waals surface area contributed by atoms with Crippen molar-refractivity contribution in [2.24, 2.45) is 0 Å². The van der Waals surface area contributed by atoms with E-state index in [2.05, 4.69) is 4.74 Å². The summed E-state index contributed by atoms with van der Waals surface area (Å²) in [6.07, 6.45) is 2.78. The Kier molecular flexibility index (Phi) is 4.21. The van der Waals surface area contributed by atoms with Gasteiger partial charge in [-0.05, 0) is 43.4 Å². The molecule has 108 valence electrons. The molecular weight excluding hydrogens is 262 g/mol. The fourth-order valence-corrected chi connectivity index (χ4v) is 2.47. The van der Waals surface area contributed by atoms with Crippen molar-refractivity contribution in [1.29, 1.82) is 0 Å². The summed E-state index contributed by atoms with van der Waals surface area (Å²) < 4.78 is 32.1. The molecule has 1 aromatic rings. The van der Waals surface area contributed by atoms with E-state index in [1.165, 1.54) is 6.92 Å². The molecule has 0 fully saturated rings. The van der Waals surface area contributed by atoms with Crippen molar-refractivity contribution >= 4 is 11.5 Å². The van der Waals surface area contributed by atoms with E-state index in [1.807, 2.05) is 25.1 Å². The number of esters is 1. The molecule has 2 rings (SSSR count). The van der Waals surface area contributed by atoms with E-state index in [0.29, 0.717) is 5.57 Å². The van der Waals surface area contributed by atoms with E-state index in [4.69, 9.17) is 0 Å². The molecule has 0 atom stereocenters. The number of fused-ring (bicyclic) bond motifs is 1. The van der Waals surface area contributed by atoms with Crippen LogP contribution in [0.25, 0.3) is 5.57 Å². The highest BCUT2D eigenvalue weighted by Gasteiger charge is 2.41. The molecule has 0 spiro atoms. The number of alkyl halides is 2. The first-order valence-electron chi connectivity index (χ1n) is 6.78. The van der Waals surface area contributed by atoms with Crippen LogP contribution in [0.3, 0.4) is 0 Å². The van der Waals surface area contributed by atoms with Gasteiger partial charge in [0.1, 0.15) is 0 Å². The van der Waals surface area contributed by atoms with Crippen LogP contribution in [0.2, 0.25) is 0 Å². The SMILES string of the molecule is CCOC(=O)C(F)(F)CC1=CCCc2cc(C)ccc21. The van der Waals surface area contributed by atoms with Gasteiger partial charge in [-0.15, -0.1) is 0 Å². The van der Waals surface area contributed by atoms with E-state index in [9.17, 15) is 13.6 Å². The van der Waals surface area contributed by atoms with Crippen molar-refractivity contribution in [2.75, 3.05) is 6.61 Å². The largest absolute Gasteiger partial charge is 0.462 e. The summed E-state index contributed by atoms with van der Waals surface area (Å²) in [5.41, 5.74) is 3.54. The highest BCUT2D eigenvalue weighted by Crippen LogP contribution is 2.35. The molecule has 4 heteroatoms. The molecule has 0 saturated carbocycles. The maximum atomic E-state index is 13.8. The Morgan fingerprint density at radius 3 is 2.85 bits per heavy atom. The molecule has 0 saturated heterocycles. The summed E-state index contributed by atoms with van der Waals surface area (Å²) in [6.45, 7) is 3.46. The zero-order valence-electron chi connectivity index (χ0n) is 11.7. The summed E-state index contributed by atoms with van der Waals surface area (Å²) >= 11 is 0. The average molecular weight is 280 g/mol. The molecule has 0 aliphatic heterocycles. The molecule has 1 aromatic carbocycles. The predicted molar refractivity (Wildman–Crippen MR) is 73.7 cm³/mol. The van der Waals surface area contributed by atoms with Gasteiger partial charge in [-0.3, -0.25) is 0 Å². The van der Waals surface area contributed by atoms with E-state index in [-0.39, 0.29) is 6.61 Å². The number of allylic oxidation sites excluding steroid dienone is 2. The smallest absolute Gasteiger partial charge is 0.377 e. The molecule has 0 N–H and O–H groups in total. The first-order valence-corrected chi connectivity index (χ1v) is 6.78. The monoisotopic (exact) mass is 280 g/mol. The Morgan fingerprint density at radius 2 is 2.15 bits per heavy atom. The van der Waals surface area contributed by atoms with Gasteiger partial charge in [-0.2, -0.15) is 8.78 Å². The van der Waals surface area contributed by atoms with Gasteiger partial charge in [-0.25, -0.2) is 4.79 Å². The second-order valence-corrected chi connectivity index (χ2v) is 5.03. The first kappa shape index (κ1) is 14.7. The maximum Gasteiger partial charge on any atom is 0.377 e. The first-order chi connectivity index (χ1) is 9.44. The number of hydrogen-bond acceptors (Lipinski definition) is 2. The van der Waals surface area contributed by atoms with Crippen LogP contribution in [0.5, 0.6) is 0 Å². The third kappa shape index (κ3) is 3.06.